The molecule has 2 N–H and O–H groups in total. The maximum Gasteiger partial charge on any atom is 0.284 e. The molecule has 0 bridgehead atoms. The van der Waals surface area contributed by atoms with Gasteiger partial charge in [0.15, 0.2) is 11.9 Å². The van der Waals surface area contributed by atoms with E-state index in [0.29, 0.717) is 52.0 Å². The second kappa shape index (κ2) is 49.6. The third kappa shape index (κ3) is 26.0. The molecule has 0 unspecified atom stereocenters. The topological polar surface area (TPSA) is 228 Å². The Bertz CT molecular complexity index is 7380. The number of aliphatic hydroxyl groups is 2. The first-order chi connectivity index (χ1) is 66.5. The van der Waals surface area contributed by atoms with E-state index in [1.807, 2.05) is 258 Å². The third-order valence-corrected chi connectivity index (χ3v) is 25.5. The summed E-state index contributed by atoms with van der Waals surface area (Å²) in [5, 5.41) is 38.9. The van der Waals surface area contributed by atoms with E-state index >= 15 is 0 Å². The zero-order valence-corrected chi connectivity index (χ0v) is 89.0. The monoisotopic (exact) mass is 2620 g/mol. The van der Waals surface area contributed by atoms with Crippen molar-refractivity contribution < 1.29 is 105 Å². The number of carbonyl (C=O) groups is 2. The molecule has 2 aliphatic heterocycles. The van der Waals surface area contributed by atoms with Crippen molar-refractivity contribution in [1.82, 2.24) is 44.9 Å². The molecule has 0 saturated carbocycles. The summed E-state index contributed by atoms with van der Waals surface area (Å²) >= 11 is 7.00. The molecule has 702 valence electrons. The van der Waals surface area contributed by atoms with E-state index < -0.39 is 0 Å². The van der Waals surface area contributed by atoms with Crippen LogP contribution in [-0.2, 0) is 97.1 Å². The van der Waals surface area contributed by atoms with Gasteiger partial charge in [-0.2, -0.15) is 20.2 Å². The number of nitrogens with zero attached hydrogens (tertiary/aromatic N) is 14. The van der Waals surface area contributed by atoms with Crippen LogP contribution in [0.5, 0.6) is 0 Å². The summed E-state index contributed by atoms with van der Waals surface area (Å²) in [5.41, 5.74) is 13.0. The van der Waals surface area contributed by atoms with Gasteiger partial charge in [-0.1, -0.05) is 251 Å². The second-order valence-electron chi connectivity index (χ2n) is 32.1. The number of para-hydroxylation sites is 6. The number of hydrogen-bond donors (Lipinski definition) is 2. The van der Waals surface area contributed by atoms with Crippen molar-refractivity contribution in [3.63, 3.8) is 0 Å². The third-order valence-electron chi connectivity index (χ3n) is 21.1. The Kier molecular flexibility index (Phi) is 36.7. The minimum Gasteiger partial charge on any atom is -0.511 e. The number of aryl methyl sites for hydroxylation is 1. The number of benzene rings is 10. The van der Waals surface area contributed by atoms with Gasteiger partial charge in [-0.15, -0.1) is 94.3 Å². The minimum absolute atomic E-state index is 0. The zero-order chi connectivity index (χ0) is 93.7. The van der Waals surface area contributed by atoms with E-state index in [-0.39, 0.29) is 115 Å². The molecule has 10 aromatic carbocycles. The first-order valence-electron chi connectivity index (χ1n) is 43.7. The van der Waals surface area contributed by atoms with Crippen LogP contribution >= 0.6 is 45.3 Å². The van der Waals surface area contributed by atoms with Gasteiger partial charge < -0.3 is 45.1 Å². The number of aromatic nitrogens is 10. The van der Waals surface area contributed by atoms with E-state index in [0.717, 1.165) is 70.6 Å². The van der Waals surface area contributed by atoms with E-state index in [4.69, 9.17) is 0 Å². The molecule has 26 heteroatoms. The van der Waals surface area contributed by atoms with Crippen molar-refractivity contribution in [2.24, 2.45) is 22.7 Å². The molecule has 4 radical (unpaired) electrons. The average molecular weight is 2610 g/mol. The molecule has 24 rings (SSSR count). The van der Waals surface area contributed by atoms with Gasteiger partial charge >= 0.3 is 0 Å². The summed E-state index contributed by atoms with van der Waals surface area (Å²) in [4.78, 5) is 68.8. The molecular formula is C114H87Ir4N14O4S4-5. The first-order valence-corrected chi connectivity index (χ1v) is 46.9. The van der Waals surface area contributed by atoms with E-state index in [1.165, 1.54) is 66.3 Å². The molecular weight excluding hydrogens is 2530 g/mol. The van der Waals surface area contributed by atoms with Crippen LogP contribution in [0.25, 0.3) is 144 Å². The van der Waals surface area contributed by atoms with Crippen LogP contribution in [0.1, 0.15) is 46.6 Å². The predicted molar refractivity (Wildman–Crippen MR) is 557 cm³/mol. The number of fused-ring (bicyclic) bond motifs is 7. The summed E-state index contributed by atoms with van der Waals surface area (Å²) in [6.45, 7) is 9.52. The minimum atomic E-state index is -0.319. The zero-order valence-electron chi connectivity index (χ0n) is 76.2. The molecule has 0 atom stereocenters. The number of hydrazone groups is 2. The van der Waals surface area contributed by atoms with Crippen LogP contribution in [-0.4, -0.2) is 68.3 Å². The van der Waals surface area contributed by atoms with Gasteiger partial charge in [0.05, 0.1) is 34.2 Å². The standard InChI is InChI=1S/C17H14N2O2.C17H10NS.C16H20N2O2.C14H11NS.2C13H8NS.2C12H8N3.4Ir/c1-12-15(16(20)13-8-4-2-5-9-13)17(21)19(18-12)14-10-6-3-7-11-14;1-3-7-14-12(5-1)9-10-18-17(14)16-11-13-6-2-4-8-15(13)19-16;1-11-14(13(19)10-16(2,3)4)15(20)18(17-11)12-8-6-5-7-9-12;1-15-9-5-4-7-12(15)14-10-11-6-2-3-8-13(11)16-14;2*1-2-7-12-10(5-1)9-13(15-12)11-6-3-4-8-14-11;2*1-2-6-10-9(5-1)14-12(15-10)11-7-3-4-8-13-11;;;;/h2-11,20H,1H3;1-10H;5-9,19H,10H2,1-4H3;2-9H,1H3;4*1-8H;;;;/q;-1;;;4*-1;;;;. The predicted octanol–water partition coefficient (Wildman–Crippen LogP) is 27.2. The molecule has 140 heavy (non-hydrogen) atoms. The Morgan fingerprint density at radius 1 is 0.371 bits per heavy atom. The molecule has 0 aliphatic carbocycles. The Balaban J connectivity index is 0.000000135. The van der Waals surface area contributed by atoms with Gasteiger partial charge in [0.2, 0.25) is 0 Å². The van der Waals surface area contributed by atoms with E-state index in [9.17, 15) is 19.8 Å². The Labute approximate surface area is 881 Å². The molecule has 0 fully saturated rings. The van der Waals surface area contributed by atoms with Gasteiger partial charge in [0.1, 0.15) is 29.7 Å². The first kappa shape index (κ1) is 103. The largest absolute Gasteiger partial charge is 0.511 e. The Hall–Kier alpha value is -13.9. The fourth-order valence-corrected chi connectivity index (χ4v) is 18.7. The summed E-state index contributed by atoms with van der Waals surface area (Å²) in [5.74, 6) is 0.867. The summed E-state index contributed by atoms with van der Waals surface area (Å²) in [7, 11) is 2.06. The fraction of sp³-hybridized carbons (Fsp3) is 0.0702. The van der Waals surface area contributed by atoms with Gasteiger partial charge in [-0.3, -0.25) is 19.6 Å². The van der Waals surface area contributed by atoms with Crippen LogP contribution in [0.15, 0.2) is 422 Å². The average Bonchev–Trinajstić information content (AvgIpc) is 1.42. The van der Waals surface area contributed by atoms with E-state index in [2.05, 4.69) is 212 Å². The number of imidazole rings is 2. The molecule has 2 aliphatic rings. The number of thiophene rings is 4. The fourth-order valence-electron chi connectivity index (χ4n) is 14.6. The van der Waals surface area contributed by atoms with Crippen molar-refractivity contribution >= 4 is 159 Å². The maximum absolute atomic E-state index is 12.5. The molecule has 2 amide bonds. The number of pyridine rings is 6. The molecule has 14 heterocycles. The summed E-state index contributed by atoms with van der Waals surface area (Å²) in [6.07, 6.45) is 11.5. The number of anilines is 2. The normalized spacial score (nSPS) is 12.5. The smallest absolute Gasteiger partial charge is 0.284 e. The Morgan fingerprint density at radius 3 is 1.17 bits per heavy atom. The number of amides is 2. The van der Waals surface area contributed by atoms with Crippen molar-refractivity contribution in [1.29, 1.82) is 0 Å². The number of hydrogen-bond acceptors (Lipinski definition) is 17. The molecule has 0 spiro atoms. The van der Waals surface area contributed by atoms with Crippen LogP contribution in [0.2, 0.25) is 0 Å². The number of rotatable bonds is 10. The Morgan fingerprint density at radius 2 is 0.736 bits per heavy atom. The molecule has 0 saturated heterocycles. The van der Waals surface area contributed by atoms with Gasteiger partial charge in [0, 0.05) is 151 Å². The van der Waals surface area contributed by atoms with Crippen molar-refractivity contribution in [2.45, 2.75) is 41.0 Å². The quantitative estimate of drug-likeness (QED) is 0.0563. The van der Waals surface area contributed by atoms with Gasteiger partial charge in [-0.05, 0) is 170 Å². The molecule has 22 aromatic rings. The van der Waals surface area contributed by atoms with Crippen LogP contribution in [0, 0.1) is 29.7 Å². The second-order valence-corrected chi connectivity index (χ2v) is 36.4. The number of allylic oxidation sites excluding steroid dienone is 1. The van der Waals surface area contributed by atoms with Crippen molar-refractivity contribution in [2.75, 3.05) is 10.0 Å². The van der Waals surface area contributed by atoms with Crippen LogP contribution in [0.3, 0.4) is 0 Å². The van der Waals surface area contributed by atoms with Gasteiger partial charge in [0.25, 0.3) is 11.8 Å². The van der Waals surface area contributed by atoms with Gasteiger partial charge in [-0.25, -0.2) is 49.9 Å². The van der Waals surface area contributed by atoms with Crippen LogP contribution < -0.4 is 24.6 Å². The van der Waals surface area contributed by atoms with E-state index in [1.54, 1.807) is 95.9 Å². The number of carbonyl (C=O) groups excluding carboxylic acids is 2. The molecule has 12 aromatic heterocycles. The van der Waals surface area contributed by atoms with Crippen molar-refractivity contribution in [3.05, 3.63) is 442 Å². The molecule has 18 nitrogen and oxygen atoms in total. The maximum atomic E-state index is 12.5. The van der Waals surface area contributed by atoms with Crippen LogP contribution in [0.4, 0.5) is 11.4 Å². The summed E-state index contributed by atoms with van der Waals surface area (Å²) in [6, 6.07) is 130. The number of aliphatic hydroxyl groups excluding tert-OH is 2. The van der Waals surface area contributed by atoms with Crippen molar-refractivity contribution in [3.8, 4) is 65.3 Å². The summed E-state index contributed by atoms with van der Waals surface area (Å²) < 4.78 is 7.20. The SMILES string of the molecule is CC1=NN(c2ccccc2)C(=O)C1=C(O)CC(C)(C)C.CC1=NN(c2ccccc2)C(=O)C1=C(O)c1ccccc1.C[n+]1ccccc1-c1[c-]c2ccccc2s1.[Ir].[Ir].[Ir].[Ir].[c-]1c(-c2ccccn2)sc2ccccc12.[c-]1c(-c2ccccn2)sc2ccccc12.[c-]1c(-c2nccc3ccccc23)sc2ccccc12.c1ccc(-c2nc3ccccc3[n-]2)nc1.c1ccc(-c2nc3ccccc3[n-]2)nc1.